The third-order valence-corrected chi connectivity index (χ3v) is 2.88. The molecule has 14 heavy (non-hydrogen) atoms. The van der Waals surface area contributed by atoms with E-state index in [0.29, 0.717) is 25.9 Å². The molecule has 1 fully saturated rings. The Bertz CT molecular complexity index is 212. The van der Waals surface area contributed by atoms with Crippen LogP contribution in [-0.2, 0) is 4.79 Å². The number of nitrogens with zero attached hydrogens (tertiary/aromatic N) is 1. The summed E-state index contributed by atoms with van der Waals surface area (Å²) in [6, 6.07) is 0. The Balaban J connectivity index is 2.47. The predicted octanol–water partition coefficient (Wildman–Crippen LogP) is -0.350. The van der Waals surface area contributed by atoms with E-state index in [4.69, 9.17) is 5.11 Å². The van der Waals surface area contributed by atoms with Crippen molar-refractivity contribution in [2.45, 2.75) is 30.6 Å². The van der Waals surface area contributed by atoms with Crippen LogP contribution in [0.3, 0.4) is 0 Å². The summed E-state index contributed by atoms with van der Waals surface area (Å²) in [5.41, 5.74) is -0.989. The zero-order valence-corrected chi connectivity index (χ0v) is 9.20. The first-order chi connectivity index (χ1) is 6.48. The first kappa shape index (κ1) is 11.8. The monoisotopic (exact) mass is 219 g/mol. The molecule has 0 spiro atoms. The number of piperidine rings is 1. The van der Waals surface area contributed by atoms with E-state index < -0.39 is 5.60 Å². The van der Waals surface area contributed by atoms with E-state index in [-0.39, 0.29) is 17.8 Å². The normalized spacial score (nSPS) is 23.3. The minimum atomic E-state index is -0.989. The van der Waals surface area contributed by atoms with Crippen LogP contribution in [0.5, 0.6) is 0 Å². The maximum atomic E-state index is 11.5. The van der Waals surface area contributed by atoms with E-state index in [1.54, 1.807) is 11.8 Å². The third-order valence-electron chi connectivity index (χ3n) is 2.66. The van der Waals surface area contributed by atoms with Gasteiger partial charge in [-0.2, -0.15) is 12.6 Å². The molecule has 0 aromatic carbocycles. The lowest BCUT2D eigenvalue weighted by atomic mass is 9.92. The summed E-state index contributed by atoms with van der Waals surface area (Å²) in [4.78, 5) is 13.2. The molecule has 0 aliphatic carbocycles. The molecule has 1 unspecified atom stereocenters. The van der Waals surface area contributed by atoms with E-state index in [1.807, 2.05) is 0 Å². The molecule has 1 rings (SSSR count). The number of carbonyl (C=O) groups is 1. The van der Waals surface area contributed by atoms with Crippen molar-refractivity contribution in [1.82, 2.24) is 4.90 Å². The van der Waals surface area contributed by atoms with E-state index in [1.165, 1.54) is 0 Å². The SMILES string of the molecule is CC(S)C(=O)N1CCC(O)(CO)CC1. The topological polar surface area (TPSA) is 60.8 Å². The number of rotatable bonds is 2. The molecule has 1 saturated heterocycles. The van der Waals surface area contributed by atoms with Crippen molar-refractivity contribution in [3.05, 3.63) is 0 Å². The van der Waals surface area contributed by atoms with Gasteiger partial charge in [-0.05, 0) is 19.8 Å². The molecule has 0 aromatic heterocycles. The molecule has 0 aromatic rings. The highest BCUT2D eigenvalue weighted by Gasteiger charge is 2.33. The highest BCUT2D eigenvalue weighted by molar-refractivity contribution is 7.81. The number of hydrogen-bond acceptors (Lipinski definition) is 4. The Hall–Kier alpha value is -0.260. The van der Waals surface area contributed by atoms with Crippen molar-refractivity contribution in [3.63, 3.8) is 0 Å². The molecular weight excluding hydrogens is 202 g/mol. The summed E-state index contributed by atoms with van der Waals surface area (Å²) in [5, 5.41) is 18.3. The van der Waals surface area contributed by atoms with Crippen LogP contribution in [0.4, 0.5) is 0 Å². The molecule has 1 aliphatic heterocycles. The number of thiol groups is 1. The average molecular weight is 219 g/mol. The minimum Gasteiger partial charge on any atom is -0.393 e. The largest absolute Gasteiger partial charge is 0.393 e. The number of carbonyl (C=O) groups excluding carboxylic acids is 1. The Labute approximate surface area is 89.3 Å². The number of hydrogen-bond donors (Lipinski definition) is 3. The van der Waals surface area contributed by atoms with Crippen LogP contribution in [0, 0.1) is 0 Å². The molecule has 0 radical (unpaired) electrons. The fraction of sp³-hybridized carbons (Fsp3) is 0.889. The highest BCUT2D eigenvalue weighted by atomic mass is 32.1. The van der Waals surface area contributed by atoms with Crippen molar-refractivity contribution < 1.29 is 15.0 Å². The average Bonchev–Trinajstić information content (AvgIpc) is 2.18. The molecule has 1 aliphatic rings. The van der Waals surface area contributed by atoms with Crippen LogP contribution >= 0.6 is 12.6 Å². The fourth-order valence-corrected chi connectivity index (χ4v) is 1.73. The Kier molecular flexibility index (Phi) is 3.80. The van der Waals surface area contributed by atoms with Crippen LogP contribution in [-0.4, -0.2) is 51.6 Å². The number of amides is 1. The van der Waals surface area contributed by atoms with Crippen LogP contribution < -0.4 is 0 Å². The van der Waals surface area contributed by atoms with Gasteiger partial charge in [0.15, 0.2) is 0 Å². The molecule has 2 N–H and O–H groups in total. The molecular formula is C9H17NO3S. The Morgan fingerprint density at radius 2 is 2.07 bits per heavy atom. The van der Waals surface area contributed by atoms with Gasteiger partial charge in [0, 0.05) is 13.1 Å². The first-order valence-electron chi connectivity index (χ1n) is 4.78. The number of aliphatic hydroxyl groups excluding tert-OH is 1. The van der Waals surface area contributed by atoms with Crippen molar-refractivity contribution in [2.75, 3.05) is 19.7 Å². The number of aliphatic hydroxyl groups is 2. The summed E-state index contributed by atoms with van der Waals surface area (Å²) in [5.74, 6) is -0.00618. The predicted molar refractivity (Wildman–Crippen MR) is 56.3 cm³/mol. The summed E-state index contributed by atoms with van der Waals surface area (Å²) in [7, 11) is 0. The lowest BCUT2D eigenvalue weighted by Gasteiger charge is -2.37. The molecule has 1 heterocycles. The quantitative estimate of drug-likeness (QED) is 0.556. The molecule has 0 bridgehead atoms. The van der Waals surface area contributed by atoms with E-state index in [2.05, 4.69) is 12.6 Å². The maximum Gasteiger partial charge on any atom is 0.235 e. The van der Waals surface area contributed by atoms with Gasteiger partial charge in [-0.1, -0.05) is 0 Å². The molecule has 1 amide bonds. The summed E-state index contributed by atoms with van der Waals surface area (Å²) in [6.07, 6.45) is 0.880. The van der Waals surface area contributed by atoms with Crippen molar-refractivity contribution in [2.24, 2.45) is 0 Å². The lowest BCUT2D eigenvalue weighted by Crippen LogP contribution is -2.49. The van der Waals surface area contributed by atoms with Gasteiger partial charge in [-0.3, -0.25) is 4.79 Å². The Morgan fingerprint density at radius 1 is 1.57 bits per heavy atom. The van der Waals surface area contributed by atoms with Gasteiger partial charge in [0.2, 0.25) is 5.91 Å². The summed E-state index contributed by atoms with van der Waals surface area (Å²) >= 11 is 4.07. The molecule has 0 saturated carbocycles. The third kappa shape index (κ3) is 2.62. The second kappa shape index (κ2) is 4.51. The van der Waals surface area contributed by atoms with Gasteiger partial charge in [0.1, 0.15) is 0 Å². The number of likely N-dealkylation sites (tertiary alicyclic amines) is 1. The highest BCUT2D eigenvalue weighted by Crippen LogP contribution is 2.22. The standard InChI is InChI=1S/C9H17NO3S/c1-7(14)8(12)10-4-2-9(13,6-11)3-5-10/h7,11,13-14H,2-6H2,1H3. The van der Waals surface area contributed by atoms with Gasteiger partial charge in [-0.25, -0.2) is 0 Å². The van der Waals surface area contributed by atoms with Crippen LogP contribution in [0.15, 0.2) is 0 Å². The summed E-state index contributed by atoms with van der Waals surface area (Å²) < 4.78 is 0. The minimum absolute atomic E-state index is 0.00618. The van der Waals surface area contributed by atoms with E-state index >= 15 is 0 Å². The van der Waals surface area contributed by atoms with Gasteiger partial charge < -0.3 is 15.1 Å². The maximum absolute atomic E-state index is 11.5. The van der Waals surface area contributed by atoms with Gasteiger partial charge >= 0.3 is 0 Å². The van der Waals surface area contributed by atoms with Gasteiger partial charge in [0.05, 0.1) is 17.5 Å². The first-order valence-corrected chi connectivity index (χ1v) is 5.30. The van der Waals surface area contributed by atoms with Crippen molar-refractivity contribution in [1.29, 1.82) is 0 Å². The Morgan fingerprint density at radius 3 is 2.43 bits per heavy atom. The van der Waals surface area contributed by atoms with Crippen molar-refractivity contribution >= 4 is 18.5 Å². The molecule has 1 atom stereocenters. The van der Waals surface area contributed by atoms with E-state index in [9.17, 15) is 9.90 Å². The van der Waals surface area contributed by atoms with Gasteiger partial charge in [-0.15, -0.1) is 0 Å². The van der Waals surface area contributed by atoms with Crippen LogP contribution in [0.2, 0.25) is 0 Å². The molecule has 4 nitrogen and oxygen atoms in total. The fourth-order valence-electron chi connectivity index (χ4n) is 1.57. The van der Waals surface area contributed by atoms with Gasteiger partial charge in [0.25, 0.3) is 0 Å². The molecule has 5 heteroatoms. The smallest absolute Gasteiger partial charge is 0.235 e. The second-order valence-corrected chi connectivity index (χ2v) is 4.66. The van der Waals surface area contributed by atoms with Crippen molar-refractivity contribution in [3.8, 4) is 0 Å². The lowest BCUT2D eigenvalue weighted by molar-refractivity contribution is -0.136. The van der Waals surface area contributed by atoms with Crippen LogP contribution in [0.1, 0.15) is 19.8 Å². The molecule has 82 valence electrons. The second-order valence-electron chi connectivity index (χ2n) is 3.88. The van der Waals surface area contributed by atoms with E-state index in [0.717, 1.165) is 0 Å². The summed E-state index contributed by atoms with van der Waals surface area (Å²) in [6.45, 7) is 2.51. The zero-order valence-electron chi connectivity index (χ0n) is 8.31. The van der Waals surface area contributed by atoms with Crippen LogP contribution in [0.25, 0.3) is 0 Å². The zero-order chi connectivity index (χ0) is 10.8.